The maximum atomic E-state index is 13.9. The lowest BCUT2D eigenvalue weighted by Gasteiger charge is -2.23. The average molecular weight is 317 g/mol. The standard InChI is InChI=1S/C18H20FNO3/c1-21-10-9-20(11-14-5-2-3-7-16(14)19)12-15-6-4-8-17-18(15)23-13-22-17/h2-8H,9-13H2,1H3. The van der Waals surface area contributed by atoms with Gasteiger partial charge in [0, 0.05) is 37.9 Å². The molecule has 0 saturated heterocycles. The Labute approximate surface area is 135 Å². The molecule has 0 aromatic heterocycles. The minimum atomic E-state index is -0.187. The highest BCUT2D eigenvalue weighted by Crippen LogP contribution is 2.36. The summed E-state index contributed by atoms with van der Waals surface area (Å²) in [4.78, 5) is 2.14. The zero-order valence-electron chi connectivity index (χ0n) is 13.1. The number of nitrogens with zero attached hydrogens (tertiary/aromatic N) is 1. The summed E-state index contributed by atoms with van der Waals surface area (Å²) in [5.74, 6) is 1.36. The minimum Gasteiger partial charge on any atom is -0.454 e. The van der Waals surface area contributed by atoms with Gasteiger partial charge in [-0.1, -0.05) is 30.3 Å². The molecule has 0 aliphatic carbocycles. The molecule has 0 bridgehead atoms. The monoisotopic (exact) mass is 317 g/mol. The molecule has 2 aromatic carbocycles. The van der Waals surface area contributed by atoms with E-state index < -0.39 is 0 Å². The van der Waals surface area contributed by atoms with Gasteiger partial charge in [0.05, 0.1) is 6.61 Å². The first kappa shape index (κ1) is 15.8. The molecule has 0 amide bonds. The van der Waals surface area contributed by atoms with Crippen LogP contribution in [0.2, 0.25) is 0 Å². The van der Waals surface area contributed by atoms with E-state index in [4.69, 9.17) is 14.2 Å². The van der Waals surface area contributed by atoms with E-state index in [9.17, 15) is 4.39 Å². The molecule has 4 nitrogen and oxygen atoms in total. The Bertz CT molecular complexity index is 662. The van der Waals surface area contributed by atoms with Crippen LogP contribution in [-0.4, -0.2) is 32.0 Å². The third kappa shape index (κ3) is 3.81. The largest absolute Gasteiger partial charge is 0.454 e. The lowest BCUT2D eigenvalue weighted by atomic mass is 10.1. The number of methoxy groups -OCH3 is 1. The van der Waals surface area contributed by atoms with Gasteiger partial charge in [-0.2, -0.15) is 0 Å². The van der Waals surface area contributed by atoms with Crippen LogP contribution in [0.1, 0.15) is 11.1 Å². The molecule has 1 aliphatic heterocycles. The molecule has 23 heavy (non-hydrogen) atoms. The topological polar surface area (TPSA) is 30.9 Å². The Balaban J connectivity index is 1.77. The lowest BCUT2D eigenvalue weighted by molar-refractivity contribution is 0.137. The normalized spacial score (nSPS) is 12.8. The third-order valence-electron chi connectivity index (χ3n) is 3.84. The van der Waals surface area contributed by atoms with E-state index in [1.807, 2.05) is 30.3 Å². The Hall–Kier alpha value is -2.11. The SMILES string of the molecule is COCCN(Cc1ccccc1F)Cc1cccc2c1OCO2. The second kappa shape index (κ2) is 7.44. The zero-order valence-corrected chi connectivity index (χ0v) is 13.1. The zero-order chi connectivity index (χ0) is 16.1. The Morgan fingerprint density at radius 3 is 2.65 bits per heavy atom. The van der Waals surface area contributed by atoms with Gasteiger partial charge in [-0.15, -0.1) is 0 Å². The van der Waals surface area contributed by atoms with Crippen molar-refractivity contribution in [2.45, 2.75) is 13.1 Å². The number of rotatable bonds is 7. The van der Waals surface area contributed by atoms with Gasteiger partial charge in [0.25, 0.3) is 0 Å². The Kier molecular flexibility index (Phi) is 5.10. The molecule has 0 fully saturated rings. The fourth-order valence-corrected chi connectivity index (χ4v) is 2.66. The predicted molar refractivity (Wildman–Crippen MR) is 85.0 cm³/mol. The van der Waals surface area contributed by atoms with E-state index in [-0.39, 0.29) is 12.6 Å². The van der Waals surface area contributed by atoms with Crippen molar-refractivity contribution >= 4 is 0 Å². The van der Waals surface area contributed by atoms with Gasteiger partial charge in [-0.3, -0.25) is 4.90 Å². The first-order chi connectivity index (χ1) is 11.3. The molecule has 122 valence electrons. The number of halogens is 1. The summed E-state index contributed by atoms with van der Waals surface area (Å²) in [5.41, 5.74) is 1.71. The van der Waals surface area contributed by atoms with Crippen molar-refractivity contribution in [3.05, 3.63) is 59.4 Å². The molecular weight excluding hydrogens is 297 g/mol. The van der Waals surface area contributed by atoms with Crippen LogP contribution in [-0.2, 0) is 17.8 Å². The number of benzene rings is 2. The van der Waals surface area contributed by atoms with E-state index in [2.05, 4.69) is 4.90 Å². The van der Waals surface area contributed by atoms with Crippen LogP contribution in [0.3, 0.4) is 0 Å². The summed E-state index contributed by atoms with van der Waals surface area (Å²) in [6.45, 7) is 2.69. The second-order valence-corrected chi connectivity index (χ2v) is 5.45. The molecule has 0 radical (unpaired) electrons. The van der Waals surface area contributed by atoms with E-state index in [1.54, 1.807) is 13.2 Å². The number of fused-ring (bicyclic) bond motifs is 1. The third-order valence-corrected chi connectivity index (χ3v) is 3.84. The molecule has 3 rings (SSSR count). The van der Waals surface area contributed by atoms with Crippen LogP contribution in [0.25, 0.3) is 0 Å². The smallest absolute Gasteiger partial charge is 0.231 e. The molecular formula is C18H20FNO3. The van der Waals surface area contributed by atoms with Crippen molar-refractivity contribution in [2.75, 3.05) is 27.1 Å². The van der Waals surface area contributed by atoms with Crippen molar-refractivity contribution < 1.29 is 18.6 Å². The molecule has 0 saturated carbocycles. The Morgan fingerprint density at radius 2 is 1.83 bits per heavy atom. The molecule has 0 spiro atoms. The van der Waals surface area contributed by atoms with Crippen molar-refractivity contribution in [2.24, 2.45) is 0 Å². The van der Waals surface area contributed by atoms with E-state index >= 15 is 0 Å². The van der Waals surface area contributed by atoms with Gasteiger partial charge in [-0.25, -0.2) is 4.39 Å². The molecule has 1 aliphatic rings. The molecule has 0 atom stereocenters. The maximum absolute atomic E-state index is 13.9. The quantitative estimate of drug-likeness (QED) is 0.785. The average Bonchev–Trinajstić information content (AvgIpc) is 3.04. The van der Waals surface area contributed by atoms with Crippen LogP contribution in [0.5, 0.6) is 11.5 Å². The van der Waals surface area contributed by atoms with Crippen LogP contribution in [0.4, 0.5) is 4.39 Å². The van der Waals surface area contributed by atoms with Crippen molar-refractivity contribution in [1.29, 1.82) is 0 Å². The number of para-hydroxylation sites is 1. The van der Waals surface area contributed by atoms with E-state index in [0.29, 0.717) is 31.8 Å². The van der Waals surface area contributed by atoms with Gasteiger partial charge in [0.15, 0.2) is 11.5 Å². The van der Waals surface area contributed by atoms with Gasteiger partial charge in [0.2, 0.25) is 6.79 Å². The van der Waals surface area contributed by atoms with Gasteiger partial charge in [-0.05, 0) is 12.1 Å². The summed E-state index contributed by atoms with van der Waals surface area (Å²) in [6, 6.07) is 12.7. The van der Waals surface area contributed by atoms with E-state index in [1.165, 1.54) is 6.07 Å². The number of hydrogen-bond donors (Lipinski definition) is 0. The van der Waals surface area contributed by atoms with Crippen molar-refractivity contribution in [3.63, 3.8) is 0 Å². The summed E-state index contributed by atoms with van der Waals surface area (Å²) in [6.07, 6.45) is 0. The van der Waals surface area contributed by atoms with Gasteiger partial charge >= 0.3 is 0 Å². The fraction of sp³-hybridized carbons (Fsp3) is 0.333. The van der Waals surface area contributed by atoms with Gasteiger partial charge in [0.1, 0.15) is 5.82 Å². The van der Waals surface area contributed by atoms with Crippen LogP contribution >= 0.6 is 0 Å². The first-order valence-corrected chi connectivity index (χ1v) is 7.60. The summed E-state index contributed by atoms with van der Waals surface area (Å²) >= 11 is 0. The highest BCUT2D eigenvalue weighted by atomic mass is 19.1. The predicted octanol–water partition coefficient (Wildman–Crippen LogP) is 3.20. The van der Waals surface area contributed by atoms with Crippen LogP contribution in [0, 0.1) is 5.82 Å². The van der Waals surface area contributed by atoms with Crippen LogP contribution < -0.4 is 9.47 Å². The number of hydrogen-bond acceptors (Lipinski definition) is 4. The van der Waals surface area contributed by atoms with Crippen LogP contribution in [0.15, 0.2) is 42.5 Å². The first-order valence-electron chi connectivity index (χ1n) is 7.60. The maximum Gasteiger partial charge on any atom is 0.231 e. The van der Waals surface area contributed by atoms with Crippen molar-refractivity contribution in [3.8, 4) is 11.5 Å². The molecule has 0 N–H and O–H groups in total. The lowest BCUT2D eigenvalue weighted by Crippen LogP contribution is -2.27. The molecule has 0 unspecified atom stereocenters. The van der Waals surface area contributed by atoms with Crippen molar-refractivity contribution in [1.82, 2.24) is 4.90 Å². The van der Waals surface area contributed by atoms with Gasteiger partial charge < -0.3 is 14.2 Å². The highest BCUT2D eigenvalue weighted by Gasteiger charge is 2.19. The van der Waals surface area contributed by atoms with E-state index in [0.717, 1.165) is 17.1 Å². The Morgan fingerprint density at radius 1 is 1.04 bits per heavy atom. The molecule has 2 aromatic rings. The highest BCUT2D eigenvalue weighted by molar-refractivity contribution is 5.48. The minimum absolute atomic E-state index is 0.187. The molecule has 1 heterocycles. The molecule has 5 heteroatoms. The summed E-state index contributed by atoms with van der Waals surface area (Å²) < 4.78 is 30.1. The number of ether oxygens (including phenoxy) is 3. The second-order valence-electron chi connectivity index (χ2n) is 5.45. The summed E-state index contributed by atoms with van der Waals surface area (Å²) in [7, 11) is 1.67. The fourth-order valence-electron chi connectivity index (χ4n) is 2.66. The summed E-state index contributed by atoms with van der Waals surface area (Å²) in [5, 5.41) is 0.